The second-order valence-corrected chi connectivity index (χ2v) is 8.97. The van der Waals surface area contributed by atoms with E-state index in [9.17, 15) is 14.4 Å². The average molecular weight is 459 g/mol. The molecule has 33 heavy (non-hydrogen) atoms. The van der Waals surface area contributed by atoms with Crippen LogP contribution in [0.4, 0.5) is 0 Å². The first-order valence-corrected chi connectivity index (χ1v) is 11.3. The Balaban J connectivity index is 2.69. The van der Waals surface area contributed by atoms with E-state index in [2.05, 4.69) is 23.8 Å². The van der Waals surface area contributed by atoms with E-state index in [-0.39, 0.29) is 49.4 Å². The molecule has 0 heterocycles. The minimum absolute atomic E-state index is 0.00540. The summed E-state index contributed by atoms with van der Waals surface area (Å²) in [7, 11) is 0. The molecule has 3 atom stereocenters. The zero-order chi connectivity index (χ0) is 24.9. The number of carbonyl (C=O) groups is 3. The van der Waals surface area contributed by atoms with Gasteiger partial charge in [0.25, 0.3) is 0 Å². The summed E-state index contributed by atoms with van der Waals surface area (Å²) < 4.78 is 5.55. The molecule has 1 aromatic carbocycles. The Labute approximate surface area is 197 Å². The van der Waals surface area contributed by atoms with Crippen molar-refractivity contribution in [1.82, 2.24) is 10.6 Å². The van der Waals surface area contributed by atoms with Crippen molar-refractivity contribution in [2.45, 2.75) is 58.0 Å². The van der Waals surface area contributed by atoms with Crippen molar-refractivity contribution in [3.8, 4) is 0 Å². The number of ether oxygens (including phenoxy) is 1. The number of amides is 2. The molecule has 0 aliphatic rings. The van der Waals surface area contributed by atoms with Gasteiger partial charge in [-0.15, -0.1) is 13.2 Å². The summed E-state index contributed by atoms with van der Waals surface area (Å²) in [5.74, 6) is -1.97. The summed E-state index contributed by atoms with van der Waals surface area (Å²) in [6.07, 6.45) is 4.61. The van der Waals surface area contributed by atoms with E-state index in [4.69, 9.17) is 9.84 Å². The predicted octanol–water partition coefficient (Wildman–Crippen LogP) is 2.94. The lowest BCUT2D eigenvalue weighted by Gasteiger charge is -2.29. The fraction of sp³-hybridized carbons (Fsp3) is 0.500. The van der Waals surface area contributed by atoms with Gasteiger partial charge in [0.15, 0.2) is 0 Å². The highest BCUT2D eigenvalue weighted by Gasteiger charge is 2.29. The summed E-state index contributed by atoms with van der Waals surface area (Å²) in [5, 5.41) is 14.6. The molecular formula is C26H38N2O5. The number of allylic oxidation sites excluding steroid dienone is 2. The number of rotatable bonds is 15. The molecule has 3 N–H and O–H groups in total. The fourth-order valence-electron chi connectivity index (χ4n) is 3.29. The zero-order valence-corrected chi connectivity index (χ0v) is 20.0. The summed E-state index contributed by atoms with van der Waals surface area (Å²) in [6, 6.07) is 9.31. The van der Waals surface area contributed by atoms with Gasteiger partial charge < -0.3 is 20.5 Å². The van der Waals surface area contributed by atoms with Gasteiger partial charge in [0.2, 0.25) is 11.8 Å². The summed E-state index contributed by atoms with van der Waals surface area (Å²) >= 11 is 0. The third kappa shape index (κ3) is 11.0. The van der Waals surface area contributed by atoms with E-state index in [0.29, 0.717) is 19.3 Å². The van der Waals surface area contributed by atoms with E-state index < -0.39 is 11.5 Å². The van der Waals surface area contributed by atoms with Crippen LogP contribution in [0.2, 0.25) is 0 Å². The third-order valence-corrected chi connectivity index (χ3v) is 5.08. The smallest absolute Gasteiger partial charge is 0.309 e. The lowest BCUT2D eigenvalue weighted by Crippen LogP contribution is -2.50. The van der Waals surface area contributed by atoms with Gasteiger partial charge in [0.05, 0.1) is 24.0 Å². The minimum Gasteiger partial charge on any atom is -0.463 e. The molecule has 0 saturated carbocycles. The van der Waals surface area contributed by atoms with E-state index in [1.165, 1.54) is 0 Å². The van der Waals surface area contributed by atoms with E-state index in [0.717, 1.165) is 5.56 Å². The van der Waals surface area contributed by atoms with Crippen molar-refractivity contribution in [1.29, 1.82) is 0 Å². The van der Waals surface area contributed by atoms with E-state index in [1.54, 1.807) is 32.9 Å². The maximum atomic E-state index is 12.8. The molecule has 7 heteroatoms. The summed E-state index contributed by atoms with van der Waals surface area (Å²) in [5.41, 5.74) is 0.210. The van der Waals surface area contributed by atoms with Crippen LogP contribution < -0.4 is 10.6 Å². The number of esters is 1. The van der Waals surface area contributed by atoms with Gasteiger partial charge in [0.1, 0.15) is 6.61 Å². The van der Waals surface area contributed by atoms with Crippen molar-refractivity contribution in [3.63, 3.8) is 0 Å². The Kier molecular flexibility index (Phi) is 12.1. The molecule has 1 aromatic rings. The molecule has 0 bridgehead atoms. The highest BCUT2D eigenvalue weighted by molar-refractivity contribution is 5.86. The molecular weight excluding hydrogens is 420 g/mol. The Bertz CT molecular complexity index is 791. The van der Waals surface area contributed by atoms with Crippen LogP contribution in [0.5, 0.6) is 0 Å². The molecule has 1 rings (SSSR count). The van der Waals surface area contributed by atoms with Crippen molar-refractivity contribution >= 4 is 17.8 Å². The van der Waals surface area contributed by atoms with Gasteiger partial charge >= 0.3 is 5.97 Å². The highest BCUT2D eigenvalue weighted by Crippen LogP contribution is 2.17. The summed E-state index contributed by atoms with van der Waals surface area (Å²) in [4.78, 5) is 37.7. The van der Waals surface area contributed by atoms with Crippen LogP contribution in [0.15, 0.2) is 55.6 Å². The lowest BCUT2D eigenvalue weighted by atomic mass is 9.96. The molecule has 0 saturated heterocycles. The van der Waals surface area contributed by atoms with Crippen molar-refractivity contribution in [3.05, 3.63) is 61.2 Å². The van der Waals surface area contributed by atoms with Crippen LogP contribution in [0, 0.1) is 11.8 Å². The van der Waals surface area contributed by atoms with Gasteiger partial charge in [0, 0.05) is 12.5 Å². The number of carbonyl (C=O) groups excluding carboxylic acids is 3. The first kappa shape index (κ1) is 28.1. The molecule has 0 unspecified atom stereocenters. The Morgan fingerprint density at radius 2 is 1.70 bits per heavy atom. The number of nitrogens with one attached hydrogen (secondary N) is 2. The van der Waals surface area contributed by atoms with Gasteiger partial charge in [-0.3, -0.25) is 14.4 Å². The Morgan fingerprint density at radius 1 is 1.09 bits per heavy atom. The van der Waals surface area contributed by atoms with Crippen LogP contribution >= 0.6 is 0 Å². The topological polar surface area (TPSA) is 105 Å². The van der Waals surface area contributed by atoms with Crippen molar-refractivity contribution < 1.29 is 24.2 Å². The molecule has 0 aromatic heterocycles. The number of hydrogen-bond acceptors (Lipinski definition) is 5. The second-order valence-electron chi connectivity index (χ2n) is 8.97. The Morgan fingerprint density at radius 3 is 2.27 bits per heavy atom. The molecule has 0 fully saturated rings. The SMILES string of the molecule is C=CC[C@H](CC(=O)N[C@@H](C)CO)C(=O)NC(C)(C)COC(=O)[C@@H](CC=C)Cc1ccccc1. The van der Waals surface area contributed by atoms with Crippen LogP contribution in [0.1, 0.15) is 45.6 Å². The minimum atomic E-state index is -0.827. The van der Waals surface area contributed by atoms with Crippen LogP contribution in [0.3, 0.4) is 0 Å². The standard InChI is InChI=1S/C26H38N2O5/c1-6-11-21(16-23(30)27-19(3)17-29)24(31)28-26(4,5)18-33-25(32)22(12-7-2)15-20-13-9-8-10-14-20/h6-10,13-14,19,21-22,29H,1-2,11-12,15-18H2,3-5H3,(H,27,30)(H,28,31)/t19-,21+,22-/m0/s1. The van der Waals surface area contributed by atoms with Crippen molar-refractivity contribution in [2.75, 3.05) is 13.2 Å². The largest absolute Gasteiger partial charge is 0.463 e. The third-order valence-electron chi connectivity index (χ3n) is 5.08. The molecule has 0 spiro atoms. The van der Waals surface area contributed by atoms with Gasteiger partial charge in [-0.1, -0.05) is 42.5 Å². The number of aliphatic hydroxyl groups excluding tert-OH is 1. The normalized spacial score (nSPS) is 13.8. The Hall–Kier alpha value is -2.93. The second kappa shape index (κ2) is 14.3. The fourth-order valence-corrected chi connectivity index (χ4v) is 3.29. The lowest BCUT2D eigenvalue weighted by molar-refractivity contribution is -0.151. The monoisotopic (exact) mass is 458 g/mol. The first-order chi connectivity index (χ1) is 15.6. The molecule has 7 nitrogen and oxygen atoms in total. The molecule has 0 radical (unpaired) electrons. The predicted molar refractivity (Wildman–Crippen MR) is 129 cm³/mol. The molecule has 182 valence electrons. The number of hydrogen-bond donors (Lipinski definition) is 3. The zero-order valence-electron chi connectivity index (χ0n) is 20.0. The maximum Gasteiger partial charge on any atom is 0.309 e. The molecule has 2 amide bonds. The highest BCUT2D eigenvalue weighted by atomic mass is 16.5. The van der Waals surface area contributed by atoms with E-state index in [1.807, 2.05) is 30.3 Å². The van der Waals surface area contributed by atoms with Crippen LogP contribution in [-0.4, -0.2) is 47.7 Å². The summed E-state index contributed by atoms with van der Waals surface area (Å²) in [6.45, 7) is 12.4. The van der Waals surface area contributed by atoms with E-state index >= 15 is 0 Å². The van der Waals surface area contributed by atoms with Gasteiger partial charge in [-0.2, -0.15) is 0 Å². The number of aliphatic hydroxyl groups is 1. The van der Waals surface area contributed by atoms with Crippen LogP contribution in [-0.2, 0) is 25.5 Å². The quantitative estimate of drug-likeness (QED) is 0.277. The number of benzene rings is 1. The first-order valence-electron chi connectivity index (χ1n) is 11.3. The van der Waals surface area contributed by atoms with Gasteiger partial charge in [-0.05, 0) is 45.6 Å². The molecule has 0 aliphatic carbocycles. The van der Waals surface area contributed by atoms with Crippen LogP contribution in [0.25, 0.3) is 0 Å². The van der Waals surface area contributed by atoms with Crippen molar-refractivity contribution in [2.24, 2.45) is 11.8 Å². The maximum absolute atomic E-state index is 12.8. The average Bonchev–Trinajstić information content (AvgIpc) is 2.77. The molecule has 0 aliphatic heterocycles. The van der Waals surface area contributed by atoms with Gasteiger partial charge in [-0.25, -0.2) is 0 Å².